The number of amides is 1. The van der Waals surface area contributed by atoms with Crippen LogP contribution in [0.5, 0.6) is 0 Å². The zero-order chi connectivity index (χ0) is 21.8. The first-order valence-electron chi connectivity index (χ1n) is 10.4. The van der Waals surface area contributed by atoms with Gasteiger partial charge in [-0.3, -0.25) is 14.3 Å². The number of halogens is 1. The van der Waals surface area contributed by atoms with Crippen molar-refractivity contribution in [3.8, 4) is 0 Å². The van der Waals surface area contributed by atoms with Gasteiger partial charge in [0.15, 0.2) is 0 Å². The van der Waals surface area contributed by atoms with Gasteiger partial charge in [-0.1, -0.05) is 42.5 Å². The van der Waals surface area contributed by atoms with Crippen LogP contribution in [0.15, 0.2) is 59.4 Å². The highest BCUT2D eigenvalue weighted by molar-refractivity contribution is 5.79. The van der Waals surface area contributed by atoms with Crippen molar-refractivity contribution < 1.29 is 13.9 Å². The van der Waals surface area contributed by atoms with Gasteiger partial charge in [0.05, 0.1) is 38.4 Å². The minimum atomic E-state index is -0.349. The van der Waals surface area contributed by atoms with Crippen molar-refractivity contribution in [2.24, 2.45) is 0 Å². The van der Waals surface area contributed by atoms with Gasteiger partial charge in [-0.2, -0.15) is 0 Å². The van der Waals surface area contributed by atoms with Crippen molar-refractivity contribution in [1.82, 2.24) is 14.3 Å². The summed E-state index contributed by atoms with van der Waals surface area (Å²) in [5, 5.41) is 0. The normalized spacial score (nSPS) is 13.3. The molecule has 31 heavy (non-hydrogen) atoms. The second kappa shape index (κ2) is 9.31. The van der Waals surface area contributed by atoms with Crippen molar-refractivity contribution in [3.05, 3.63) is 93.2 Å². The van der Waals surface area contributed by atoms with E-state index in [1.165, 1.54) is 12.1 Å². The van der Waals surface area contributed by atoms with E-state index in [2.05, 4.69) is 0 Å². The quantitative estimate of drug-likeness (QED) is 0.587. The van der Waals surface area contributed by atoms with Crippen LogP contribution in [0, 0.1) is 5.82 Å². The molecular weight excluding hydrogens is 397 g/mol. The fraction of sp³-hybridized carbons (Fsp3) is 0.333. The summed E-state index contributed by atoms with van der Waals surface area (Å²) in [6.07, 6.45) is 0.651. The Morgan fingerprint density at radius 3 is 2.58 bits per heavy atom. The first-order valence-corrected chi connectivity index (χ1v) is 10.4. The van der Waals surface area contributed by atoms with Crippen LogP contribution >= 0.6 is 0 Å². The fourth-order valence-corrected chi connectivity index (χ4v) is 4.11. The molecule has 0 fully saturated rings. The summed E-state index contributed by atoms with van der Waals surface area (Å²) in [6.45, 7) is 2.27. The molecule has 0 radical (unpaired) electrons. The Balaban J connectivity index is 1.62. The topological polar surface area (TPSA) is 56.5 Å². The van der Waals surface area contributed by atoms with Gasteiger partial charge in [-0.25, -0.2) is 9.07 Å². The van der Waals surface area contributed by atoms with E-state index in [9.17, 15) is 14.0 Å². The molecule has 6 nitrogen and oxygen atoms in total. The van der Waals surface area contributed by atoms with E-state index in [1.54, 1.807) is 28.8 Å². The molecule has 0 bridgehead atoms. The summed E-state index contributed by atoms with van der Waals surface area (Å²) in [5.41, 5.74) is 3.34. The Bertz CT molecular complexity index is 1120. The van der Waals surface area contributed by atoms with E-state index in [1.807, 2.05) is 35.0 Å². The van der Waals surface area contributed by atoms with Gasteiger partial charge < -0.3 is 9.64 Å². The maximum absolute atomic E-state index is 13.5. The van der Waals surface area contributed by atoms with E-state index in [0.717, 1.165) is 16.8 Å². The molecule has 1 aliphatic rings. The summed E-state index contributed by atoms with van der Waals surface area (Å²) in [5.74, 6) is -0.419. The summed E-state index contributed by atoms with van der Waals surface area (Å²) in [4.78, 5) is 27.7. The van der Waals surface area contributed by atoms with E-state index < -0.39 is 0 Å². The van der Waals surface area contributed by atoms with Crippen molar-refractivity contribution in [2.45, 2.75) is 32.5 Å². The number of carbonyl (C=O) groups is 1. The van der Waals surface area contributed by atoms with E-state index in [0.29, 0.717) is 44.8 Å². The molecule has 0 N–H and O–H groups in total. The predicted octanol–water partition coefficient (Wildman–Crippen LogP) is 2.61. The maximum atomic E-state index is 13.5. The standard InChI is InChI=1S/C24H26FN3O3/c1-31-13-12-27-24(30)21-10-11-26(23(29)15-19-8-5-9-20(25)14-19)17-22(21)28(27)16-18-6-3-2-4-7-18/h2-9,14H,10-13,15-17H2,1H3. The molecule has 1 amide bonds. The van der Waals surface area contributed by atoms with Crippen molar-refractivity contribution in [3.63, 3.8) is 0 Å². The van der Waals surface area contributed by atoms with Gasteiger partial charge in [0.1, 0.15) is 5.82 Å². The number of aromatic nitrogens is 2. The van der Waals surface area contributed by atoms with Crippen molar-refractivity contribution >= 4 is 5.91 Å². The minimum Gasteiger partial charge on any atom is -0.383 e. The van der Waals surface area contributed by atoms with Crippen LogP contribution in [-0.4, -0.2) is 40.4 Å². The van der Waals surface area contributed by atoms with E-state index in [-0.39, 0.29) is 23.7 Å². The number of methoxy groups -OCH3 is 1. The van der Waals surface area contributed by atoms with Crippen LogP contribution in [0.2, 0.25) is 0 Å². The number of benzene rings is 2. The summed E-state index contributed by atoms with van der Waals surface area (Å²) >= 11 is 0. The number of nitrogens with zero attached hydrogens (tertiary/aromatic N) is 3. The molecule has 0 saturated heterocycles. The van der Waals surface area contributed by atoms with Crippen LogP contribution in [0.4, 0.5) is 4.39 Å². The molecule has 0 unspecified atom stereocenters. The van der Waals surface area contributed by atoms with E-state index >= 15 is 0 Å². The molecule has 162 valence electrons. The SMILES string of the molecule is COCCn1c(=O)c2c(n1Cc1ccccc1)CN(C(=O)Cc1cccc(F)c1)CC2. The number of rotatable bonds is 7. The maximum Gasteiger partial charge on any atom is 0.270 e. The molecule has 2 aromatic carbocycles. The second-order valence-electron chi connectivity index (χ2n) is 7.76. The fourth-order valence-electron chi connectivity index (χ4n) is 4.11. The predicted molar refractivity (Wildman–Crippen MR) is 115 cm³/mol. The Labute approximate surface area is 180 Å². The molecule has 3 aromatic rings. The average Bonchev–Trinajstić information content (AvgIpc) is 3.03. The molecule has 7 heteroatoms. The minimum absolute atomic E-state index is 0.0137. The Hall–Kier alpha value is -3.19. The lowest BCUT2D eigenvalue weighted by atomic mass is 10.1. The van der Waals surface area contributed by atoms with Crippen LogP contribution in [0.25, 0.3) is 0 Å². The van der Waals surface area contributed by atoms with Crippen LogP contribution in [0.1, 0.15) is 22.4 Å². The lowest BCUT2D eigenvalue weighted by molar-refractivity contribution is -0.131. The van der Waals surface area contributed by atoms with Crippen LogP contribution < -0.4 is 5.56 Å². The number of fused-ring (bicyclic) bond motifs is 1. The number of carbonyl (C=O) groups excluding carboxylic acids is 1. The third-order valence-electron chi connectivity index (χ3n) is 5.70. The van der Waals surface area contributed by atoms with Gasteiger partial charge in [0.25, 0.3) is 5.56 Å². The highest BCUT2D eigenvalue weighted by atomic mass is 19.1. The van der Waals surface area contributed by atoms with Gasteiger partial charge in [-0.15, -0.1) is 0 Å². The molecule has 0 aliphatic carbocycles. The highest BCUT2D eigenvalue weighted by Crippen LogP contribution is 2.20. The highest BCUT2D eigenvalue weighted by Gasteiger charge is 2.28. The molecule has 0 saturated carbocycles. The van der Waals surface area contributed by atoms with Crippen LogP contribution in [-0.2, 0) is 42.0 Å². The Morgan fingerprint density at radius 1 is 1.06 bits per heavy atom. The zero-order valence-corrected chi connectivity index (χ0v) is 17.6. The van der Waals surface area contributed by atoms with Crippen LogP contribution in [0.3, 0.4) is 0 Å². The Morgan fingerprint density at radius 2 is 1.84 bits per heavy atom. The summed E-state index contributed by atoms with van der Waals surface area (Å²) in [7, 11) is 1.61. The Kier molecular flexibility index (Phi) is 6.32. The molecule has 4 rings (SSSR count). The van der Waals surface area contributed by atoms with Gasteiger partial charge in [0.2, 0.25) is 5.91 Å². The zero-order valence-electron chi connectivity index (χ0n) is 17.6. The second-order valence-corrected chi connectivity index (χ2v) is 7.76. The number of hydrogen-bond acceptors (Lipinski definition) is 3. The molecule has 2 heterocycles. The van der Waals surface area contributed by atoms with Gasteiger partial charge in [0, 0.05) is 19.2 Å². The first kappa shape index (κ1) is 21.1. The molecule has 1 aromatic heterocycles. The van der Waals surface area contributed by atoms with Crippen molar-refractivity contribution in [1.29, 1.82) is 0 Å². The molecule has 0 spiro atoms. The third kappa shape index (κ3) is 4.61. The monoisotopic (exact) mass is 423 g/mol. The summed E-state index contributed by atoms with van der Waals surface area (Å²) < 4.78 is 22.4. The van der Waals surface area contributed by atoms with Gasteiger partial charge in [-0.05, 0) is 29.7 Å². The largest absolute Gasteiger partial charge is 0.383 e. The lowest BCUT2D eigenvalue weighted by Gasteiger charge is -2.28. The van der Waals surface area contributed by atoms with Gasteiger partial charge >= 0.3 is 0 Å². The molecular formula is C24H26FN3O3. The van der Waals surface area contributed by atoms with E-state index in [4.69, 9.17) is 4.74 Å². The number of ether oxygens (including phenoxy) is 1. The smallest absolute Gasteiger partial charge is 0.270 e. The van der Waals surface area contributed by atoms with Crippen molar-refractivity contribution in [2.75, 3.05) is 20.3 Å². The molecule has 0 atom stereocenters. The average molecular weight is 423 g/mol. The first-order chi connectivity index (χ1) is 15.1. The summed E-state index contributed by atoms with van der Waals surface area (Å²) in [6, 6.07) is 16.1. The third-order valence-corrected chi connectivity index (χ3v) is 5.70. The lowest BCUT2D eigenvalue weighted by Crippen LogP contribution is -2.38. The number of hydrogen-bond donors (Lipinski definition) is 0. The molecule has 1 aliphatic heterocycles.